The molecule has 0 aromatic carbocycles. The molecule has 13 heavy (non-hydrogen) atoms. The molecule has 1 aromatic heterocycles. The van der Waals surface area contributed by atoms with Crippen LogP contribution in [0.1, 0.15) is 16.4 Å². The number of hydrogen-bond acceptors (Lipinski definition) is 0. The minimum Gasteiger partial charge on any atom is -0.136 e. The van der Waals surface area contributed by atoms with E-state index in [1.807, 2.05) is 0 Å². The van der Waals surface area contributed by atoms with Crippen LogP contribution in [-0.2, 0) is 6.42 Å². The minimum absolute atomic E-state index is 0.664. The summed E-state index contributed by atoms with van der Waals surface area (Å²) < 4.78 is 0. The highest BCUT2D eigenvalue weighted by Gasteiger charge is 2.08. The quantitative estimate of drug-likeness (QED) is 0.668. The van der Waals surface area contributed by atoms with Gasteiger partial charge in [-0.1, -0.05) is 24.3 Å². The number of aryl methyl sites for hydroxylation is 1. The second-order valence-corrected chi connectivity index (χ2v) is 4.89. The van der Waals surface area contributed by atoms with Crippen molar-refractivity contribution < 1.29 is 0 Å². The molecule has 68 valence electrons. The van der Waals surface area contributed by atoms with Crippen molar-refractivity contribution in [2.45, 2.75) is 20.3 Å². The maximum atomic E-state index is 2.37. The molecule has 0 aliphatic heterocycles. The minimum atomic E-state index is 0.664. The lowest BCUT2D eigenvalue weighted by Crippen LogP contribution is -1.94. The topological polar surface area (TPSA) is 0 Å². The highest BCUT2D eigenvalue weighted by Crippen LogP contribution is 2.29. The van der Waals surface area contributed by atoms with Crippen LogP contribution in [0.25, 0.3) is 0 Å². The summed E-state index contributed by atoms with van der Waals surface area (Å²) in [6.45, 7) is 4.47. The summed E-state index contributed by atoms with van der Waals surface area (Å²) in [5.41, 5.74) is 3.02. The fourth-order valence-electron chi connectivity index (χ4n) is 1.71. The molecule has 0 N–H and O–H groups in total. The summed E-state index contributed by atoms with van der Waals surface area (Å²) in [4.78, 5) is 0. The molecule has 0 fully saturated rings. The summed E-state index contributed by atoms with van der Waals surface area (Å²) in [7, 11) is 0.937. The maximum absolute atomic E-state index is 2.37. The average Bonchev–Trinajstić information content (AvgIpc) is 2.71. The molecule has 0 saturated carbocycles. The predicted molar refractivity (Wildman–Crippen MR) is 60.9 cm³/mol. The van der Waals surface area contributed by atoms with Gasteiger partial charge in [-0.2, -0.15) is 0 Å². The largest absolute Gasteiger partial charge is 0.136 e. The van der Waals surface area contributed by atoms with E-state index in [9.17, 15) is 0 Å². The second-order valence-electron chi connectivity index (χ2n) is 3.71. The molecule has 1 aromatic rings. The molecule has 1 unspecified atom stereocenters. The van der Waals surface area contributed by atoms with Gasteiger partial charge < -0.3 is 0 Å². The van der Waals surface area contributed by atoms with E-state index in [1.165, 1.54) is 17.5 Å². The van der Waals surface area contributed by atoms with Gasteiger partial charge >= 0.3 is 0 Å². The Balaban J connectivity index is 2.13. The van der Waals surface area contributed by atoms with Crippen molar-refractivity contribution in [3.63, 3.8) is 0 Å². The van der Waals surface area contributed by atoms with Crippen LogP contribution < -0.4 is 0 Å². The molecule has 0 spiro atoms. The molecule has 0 bridgehead atoms. The van der Waals surface area contributed by atoms with Gasteiger partial charge in [0.05, 0.1) is 0 Å². The van der Waals surface area contributed by atoms with Crippen LogP contribution in [0.5, 0.6) is 0 Å². The Kier molecular flexibility index (Phi) is 2.42. The summed E-state index contributed by atoms with van der Waals surface area (Å²) in [6.07, 6.45) is 10.1. The Hall–Kier alpha value is -0.740. The first-order chi connectivity index (χ1) is 6.27. The Morgan fingerprint density at radius 3 is 2.46 bits per heavy atom. The average molecular weight is 190 g/mol. The number of allylic oxidation sites excluding steroid dienone is 4. The molecule has 1 aliphatic rings. The van der Waals surface area contributed by atoms with E-state index >= 15 is 0 Å². The third kappa shape index (κ3) is 1.78. The van der Waals surface area contributed by atoms with Crippen molar-refractivity contribution in [1.29, 1.82) is 0 Å². The molecule has 1 heterocycles. The molecule has 1 atom stereocenters. The Morgan fingerprint density at radius 1 is 1.23 bits per heavy atom. The van der Waals surface area contributed by atoms with E-state index in [4.69, 9.17) is 0 Å². The Morgan fingerprint density at radius 2 is 1.92 bits per heavy atom. The van der Waals surface area contributed by atoms with E-state index in [-0.39, 0.29) is 0 Å². The van der Waals surface area contributed by atoms with Crippen LogP contribution in [0.15, 0.2) is 30.1 Å². The third-order valence-corrected chi connectivity index (χ3v) is 4.28. The third-order valence-electron chi connectivity index (χ3n) is 2.77. The van der Waals surface area contributed by atoms with Gasteiger partial charge in [0.25, 0.3) is 0 Å². The van der Waals surface area contributed by atoms with Crippen LogP contribution >= 0.6 is 8.19 Å². The summed E-state index contributed by atoms with van der Waals surface area (Å²) in [6, 6.07) is 0. The standard InChI is InChI=1S/C12H15P/c1-9-8-13-12(10(9)2)7-11-5-3-4-6-11/h3-6,8,11,13H,7H2,1-2H3. The summed E-state index contributed by atoms with van der Waals surface area (Å²) >= 11 is 0. The highest BCUT2D eigenvalue weighted by atomic mass is 31.0. The molecule has 0 radical (unpaired) electrons. The van der Waals surface area contributed by atoms with E-state index < -0.39 is 0 Å². The first-order valence-electron chi connectivity index (χ1n) is 4.76. The van der Waals surface area contributed by atoms with Crippen LogP contribution in [-0.4, -0.2) is 0 Å². The van der Waals surface area contributed by atoms with Crippen LogP contribution in [0.2, 0.25) is 0 Å². The van der Waals surface area contributed by atoms with Gasteiger partial charge in [-0.25, -0.2) is 0 Å². The molecular weight excluding hydrogens is 175 g/mol. The van der Waals surface area contributed by atoms with E-state index in [2.05, 4.69) is 43.9 Å². The lowest BCUT2D eigenvalue weighted by Gasteiger charge is -2.04. The Bertz CT molecular complexity index is 343. The van der Waals surface area contributed by atoms with Crippen LogP contribution in [0, 0.1) is 19.8 Å². The van der Waals surface area contributed by atoms with Gasteiger partial charge in [0.2, 0.25) is 0 Å². The van der Waals surface area contributed by atoms with Gasteiger partial charge in [-0.15, -0.1) is 8.19 Å². The zero-order chi connectivity index (χ0) is 9.26. The Labute approximate surface area is 81.5 Å². The van der Waals surface area contributed by atoms with Crippen LogP contribution in [0.3, 0.4) is 0 Å². The van der Waals surface area contributed by atoms with Gasteiger partial charge in [0.1, 0.15) is 0 Å². The summed E-state index contributed by atoms with van der Waals surface area (Å²) in [5.74, 6) is 3.03. The van der Waals surface area contributed by atoms with Crippen molar-refractivity contribution in [2.24, 2.45) is 5.92 Å². The van der Waals surface area contributed by atoms with Crippen molar-refractivity contribution in [1.82, 2.24) is 0 Å². The fourth-order valence-corrected chi connectivity index (χ4v) is 3.09. The number of hydrogen-bond donors (Lipinski definition) is 0. The van der Waals surface area contributed by atoms with Gasteiger partial charge in [-0.05, 0) is 48.4 Å². The van der Waals surface area contributed by atoms with Gasteiger partial charge in [0, 0.05) is 0 Å². The van der Waals surface area contributed by atoms with E-state index in [0.29, 0.717) is 5.92 Å². The predicted octanol–water partition coefficient (Wildman–Crippen LogP) is 3.62. The van der Waals surface area contributed by atoms with Gasteiger partial charge in [-0.3, -0.25) is 0 Å². The molecule has 2 rings (SSSR count). The van der Waals surface area contributed by atoms with Gasteiger partial charge in [0.15, 0.2) is 0 Å². The first kappa shape index (κ1) is 8.84. The van der Waals surface area contributed by atoms with Crippen molar-refractivity contribution in [3.05, 3.63) is 46.5 Å². The smallest absolute Gasteiger partial charge is 0.000362 e. The number of rotatable bonds is 2. The molecule has 0 saturated heterocycles. The normalized spacial score (nSPS) is 16.5. The van der Waals surface area contributed by atoms with Crippen molar-refractivity contribution >= 4 is 8.19 Å². The van der Waals surface area contributed by atoms with Crippen LogP contribution in [0.4, 0.5) is 0 Å². The molecule has 1 heteroatoms. The van der Waals surface area contributed by atoms with Crippen molar-refractivity contribution in [3.8, 4) is 0 Å². The maximum Gasteiger partial charge on any atom is -0.000362 e. The lowest BCUT2D eigenvalue weighted by molar-refractivity contribution is 0.824. The molecular formula is C12H15P. The highest BCUT2D eigenvalue weighted by molar-refractivity contribution is 7.30. The lowest BCUT2D eigenvalue weighted by atomic mass is 10.0. The fraction of sp³-hybridized carbons (Fsp3) is 0.333. The monoisotopic (exact) mass is 190 g/mol. The second kappa shape index (κ2) is 3.55. The van der Waals surface area contributed by atoms with Crippen molar-refractivity contribution in [2.75, 3.05) is 0 Å². The SMILES string of the molecule is Cc1c[pH]c(CC2C=CC=C2)c1C. The molecule has 0 nitrogen and oxygen atoms in total. The first-order valence-corrected chi connectivity index (χ1v) is 5.83. The molecule has 0 amide bonds. The zero-order valence-corrected chi connectivity index (χ0v) is 9.17. The van der Waals surface area contributed by atoms with E-state index in [0.717, 1.165) is 8.19 Å². The molecule has 1 aliphatic carbocycles. The zero-order valence-electron chi connectivity index (χ0n) is 8.17. The van der Waals surface area contributed by atoms with E-state index in [1.54, 1.807) is 5.30 Å². The summed E-state index contributed by atoms with van der Waals surface area (Å²) in [5, 5.41) is 1.65.